The quantitative estimate of drug-likeness (QED) is 0.642. The lowest BCUT2D eigenvalue weighted by atomic mass is 10.2. The van der Waals surface area contributed by atoms with Gasteiger partial charge in [0.2, 0.25) is 5.91 Å². The van der Waals surface area contributed by atoms with Gasteiger partial charge in [-0.3, -0.25) is 4.79 Å². The Balaban J connectivity index is 1.26. The van der Waals surface area contributed by atoms with Crippen molar-refractivity contribution in [3.8, 4) is 17.1 Å². The molecule has 1 amide bonds. The Bertz CT molecular complexity index is 930. The molecule has 0 saturated carbocycles. The number of methoxy groups -OCH3 is 1. The van der Waals surface area contributed by atoms with E-state index in [2.05, 4.69) is 22.0 Å². The van der Waals surface area contributed by atoms with Crippen molar-refractivity contribution in [2.45, 2.75) is 12.8 Å². The summed E-state index contributed by atoms with van der Waals surface area (Å²) < 4.78 is 11.0. The van der Waals surface area contributed by atoms with Crippen molar-refractivity contribution in [1.82, 2.24) is 9.88 Å². The fraction of sp³-hybridized carbons (Fsp3) is 0.304. The third-order valence-electron chi connectivity index (χ3n) is 5.23. The van der Waals surface area contributed by atoms with Crippen molar-refractivity contribution in [2.24, 2.45) is 0 Å². The summed E-state index contributed by atoms with van der Waals surface area (Å²) in [5.41, 5.74) is 2.15. The molecule has 150 valence electrons. The zero-order chi connectivity index (χ0) is 20.1. The Kier molecular flexibility index (Phi) is 5.79. The summed E-state index contributed by atoms with van der Waals surface area (Å²) in [4.78, 5) is 21.1. The highest BCUT2D eigenvalue weighted by Gasteiger charge is 2.21. The molecule has 0 radical (unpaired) electrons. The number of aryl methyl sites for hydroxylation is 1. The Labute approximate surface area is 170 Å². The van der Waals surface area contributed by atoms with Gasteiger partial charge in [0.1, 0.15) is 5.75 Å². The van der Waals surface area contributed by atoms with Crippen molar-refractivity contribution in [3.05, 3.63) is 66.7 Å². The lowest BCUT2D eigenvalue weighted by Gasteiger charge is -2.36. The molecule has 6 heteroatoms. The second kappa shape index (κ2) is 8.82. The second-order valence-corrected chi connectivity index (χ2v) is 7.05. The standard InChI is InChI=1S/C23H25N3O3/c1-28-20-9-7-19(8-10-20)25-13-15-26(16-14-25)23(27)12-11-22-24-17-21(29-22)18-5-3-2-4-6-18/h2-10,17H,11-16H2,1H3. The van der Waals surface area contributed by atoms with Crippen molar-refractivity contribution >= 4 is 11.6 Å². The normalized spacial score (nSPS) is 14.1. The number of rotatable bonds is 6. The zero-order valence-corrected chi connectivity index (χ0v) is 16.6. The van der Waals surface area contributed by atoms with Crippen LogP contribution in [-0.4, -0.2) is 49.1 Å². The van der Waals surface area contributed by atoms with Gasteiger partial charge in [-0.2, -0.15) is 0 Å². The molecule has 2 heterocycles. The van der Waals surface area contributed by atoms with Crippen molar-refractivity contribution < 1.29 is 13.9 Å². The number of aromatic nitrogens is 1. The highest BCUT2D eigenvalue weighted by molar-refractivity contribution is 5.76. The highest BCUT2D eigenvalue weighted by Crippen LogP contribution is 2.22. The van der Waals surface area contributed by atoms with E-state index in [1.54, 1.807) is 13.3 Å². The van der Waals surface area contributed by atoms with Gasteiger partial charge in [0.25, 0.3) is 0 Å². The number of oxazole rings is 1. The number of carbonyl (C=O) groups excluding carboxylic acids is 1. The van der Waals surface area contributed by atoms with Crippen LogP contribution in [-0.2, 0) is 11.2 Å². The highest BCUT2D eigenvalue weighted by atomic mass is 16.5. The summed E-state index contributed by atoms with van der Waals surface area (Å²) in [6, 6.07) is 17.9. The van der Waals surface area contributed by atoms with E-state index in [1.165, 1.54) is 0 Å². The number of hydrogen-bond donors (Lipinski definition) is 0. The number of benzene rings is 2. The van der Waals surface area contributed by atoms with E-state index in [1.807, 2.05) is 47.4 Å². The largest absolute Gasteiger partial charge is 0.497 e. The first-order chi connectivity index (χ1) is 14.2. The lowest BCUT2D eigenvalue weighted by molar-refractivity contribution is -0.131. The summed E-state index contributed by atoms with van der Waals surface area (Å²) in [6.45, 7) is 3.11. The lowest BCUT2D eigenvalue weighted by Crippen LogP contribution is -2.48. The van der Waals surface area contributed by atoms with Crippen LogP contribution < -0.4 is 9.64 Å². The first-order valence-corrected chi connectivity index (χ1v) is 9.90. The third kappa shape index (κ3) is 4.59. The molecule has 1 aromatic heterocycles. The van der Waals surface area contributed by atoms with Crippen LogP contribution in [0.3, 0.4) is 0 Å². The van der Waals surface area contributed by atoms with Crippen LogP contribution in [0.5, 0.6) is 5.75 Å². The van der Waals surface area contributed by atoms with E-state index in [-0.39, 0.29) is 5.91 Å². The maximum Gasteiger partial charge on any atom is 0.223 e. The average Bonchev–Trinajstić information content (AvgIpc) is 3.27. The Morgan fingerprint density at radius 3 is 2.45 bits per heavy atom. The molecule has 0 bridgehead atoms. The molecule has 3 aromatic rings. The number of anilines is 1. The smallest absolute Gasteiger partial charge is 0.223 e. The predicted octanol–water partition coefficient (Wildman–Crippen LogP) is 3.63. The first-order valence-electron chi connectivity index (χ1n) is 9.90. The number of hydrogen-bond acceptors (Lipinski definition) is 5. The number of ether oxygens (including phenoxy) is 1. The van der Waals surface area contributed by atoms with Gasteiger partial charge in [-0.25, -0.2) is 4.98 Å². The summed E-state index contributed by atoms with van der Waals surface area (Å²) >= 11 is 0. The molecule has 1 aliphatic heterocycles. The van der Waals surface area contributed by atoms with Gasteiger partial charge < -0.3 is 19.0 Å². The molecule has 0 unspecified atom stereocenters. The number of amides is 1. The van der Waals surface area contributed by atoms with Crippen LogP contribution in [0.4, 0.5) is 5.69 Å². The molecule has 0 spiro atoms. The monoisotopic (exact) mass is 391 g/mol. The minimum Gasteiger partial charge on any atom is -0.497 e. The van der Waals surface area contributed by atoms with E-state index in [4.69, 9.17) is 9.15 Å². The third-order valence-corrected chi connectivity index (χ3v) is 5.23. The molecule has 6 nitrogen and oxygen atoms in total. The Morgan fingerprint density at radius 1 is 1.03 bits per heavy atom. The molecule has 0 aliphatic carbocycles. The van der Waals surface area contributed by atoms with E-state index < -0.39 is 0 Å². The van der Waals surface area contributed by atoms with Crippen LogP contribution in [0.15, 0.2) is 65.2 Å². The second-order valence-electron chi connectivity index (χ2n) is 7.05. The van der Waals surface area contributed by atoms with E-state index in [9.17, 15) is 4.79 Å². The molecule has 0 N–H and O–H groups in total. The maximum absolute atomic E-state index is 12.6. The maximum atomic E-state index is 12.6. The number of piperazine rings is 1. The van der Waals surface area contributed by atoms with E-state index in [0.717, 1.165) is 48.9 Å². The van der Waals surface area contributed by atoms with Gasteiger partial charge in [-0.15, -0.1) is 0 Å². The summed E-state index contributed by atoms with van der Waals surface area (Å²) in [7, 11) is 1.67. The molecule has 4 rings (SSSR count). The van der Waals surface area contributed by atoms with Crippen molar-refractivity contribution in [3.63, 3.8) is 0 Å². The van der Waals surface area contributed by atoms with Crippen LogP contribution in [0.25, 0.3) is 11.3 Å². The fourth-order valence-corrected chi connectivity index (χ4v) is 3.54. The number of nitrogens with zero attached hydrogens (tertiary/aromatic N) is 3. The van der Waals surface area contributed by atoms with Gasteiger partial charge in [-0.1, -0.05) is 30.3 Å². The average molecular weight is 391 g/mol. The van der Waals surface area contributed by atoms with Crippen molar-refractivity contribution in [1.29, 1.82) is 0 Å². The molecule has 0 atom stereocenters. The van der Waals surface area contributed by atoms with Gasteiger partial charge in [0.15, 0.2) is 11.7 Å². The first kappa shape index (κ1) is 19.1. The van der Waals surface area contributed by atoms with Crippen LogP contribution in [0.1, 0.15) is 12.3 Å². The van der Waals surface area contributed by atoms with Gasteiger partial charge in [0.05, 0.1) is 13.3 Å². The molecule has 1 fully saturated rings. The topological polar surface area (TPSA) is 58.8 Å². The fourth-order valence-electron chi connectivity index (χ4n) is 3.54. The molecular weight excluding hydrogens is 366 g/mol. The molecular formula is C23H25N3O3. The minimum absolute atomic E-state index is 0.152. The summed E-state index contributed by atoms with van der Waals surface area (Å²) in [5.74, 6) is 2.35. The van der Waals surface area contributed by atoms with Gasteiger partial charge in [0, 0.05) is 50.3 Å². The number of carbonyl (C=O) groups is 1. The van der Waals surface area contributed by atoms with E-state index >= 15 is 0 Å². The summed E-state index contributed by atoms with van der Waals surface area (Å²) in [6.07, 6.45) is 2.66. The van der Waals surface area contributed by atoms with Crippen molar-refractivity contribution in [2.75, 3.05) is 38.2 Å². The van der Waals surface area contributed by atoms with Crippen LogP contribution in [0, 0.1) is 0 Å². The van der Waals surface area contributed by atoms with Crippen LogP contribution in [0.2, 0.25) is 0 Å². The zero-order valence-electron chi connectivity index (χ0n) is 16.6. The summed E-state index contributed by atoms with van der Waals surface area (Å²) in [5, 5.41) is 0. The van der Waals surface area contributed by atoms with Gasteiger partial charge in [-0.05, 0) is 24.3 Å². The predicted molar refractivity (Wildman–Crippen MR) is 112 cm³/mol. The molecule has 2 aromatic carbocycles. The van der Waals surface area contributed by atoms with Gasteiger partial charge >= 0.3 is 0 Å². The Hall–Kier alpha value is -3.28. The van der Waals surface area contributed by atoms with E-state index in [0.29, 0.717) is 18.7 Å². The Morgan fingerprint density at radius 2 is 1.76 bits per heavy atom. The molecule has 1 saturated heterocycles. The SMILES string of the molecule is COc1ccc(N2CCN(C(=O)CCc3ncc(-c4ccccc4)o3)CC2)cc1. The van der Waals surface area contributed by atoms with Crippen LogP contribution >= 0.6 is 0 Å². The molecule has 1 aliphatic rings. The molecule has 29 heavy (non-hydrogen) atoms. The minimum atomic E-state index is 0.152.